The first-order valence-corrected chi connectivity index (χ1v) is 8.51. The molecule has 7 nitrogen and oxygen atoms in total. The Balaban J connectivity index is 0.00000208. The van der Waals surface area contributed by atoms with Gasteiger partial charge in [0.25, 0.3) is 0 Å². The number of aromatic carboxylic acids is 1. The molecule has 0 unspecified atom stereocenters. The summed E-state index contributed by atoms with van der Waals surface area (Å²) in [7, 11) is 0. The van der Waals surface area contributed by atoms with Crippen LogP contribution in [0.25, 0.3) is 16.2 Å². The van der Waals surface area contributed by atoms with Crippen LogP contribution in [0.5, 0.6) is 0 Å². The van der Waals surface area contributed by atoms with Crippen LogP contribution in [0.1, 0.15) is 10.4 Å². The lowest BCUT2D eigenvalue weighted by molar-refractivity contribution is 0.0695. The van der Waals surface area contributed by atoms with Gasteiger partial charge in [0.05, 0.1) is 10.4 Å². The summed E-state index contributed by atoms with van der Waals surface area (Å²) >= 11 is 2.80. The van der Waals surface area contributed by atoms with E-state index >= 15 is 0 Å². The van der Waals surface area contributed by atoms with Crippen LogP contribution in [0.3, 0.4) is 0 Å². The molecule has 0 aliphatic heterocycles. The van der Waals surface area contributed by atoms with Gasteiger partial charge in [-0.05, 0) is 12.1 Å². The van der Waals surface area contributed by atoms with E-state index in [2.05, 4.69) is 9.97 Å². The zero-order chi connectivity index (χ0) is 16.4. The molecule has 0 radical (unpaired) electrons. The summed E-state index contributed by atoms with van der Waals surface area (Å²) in [6.45, 7) is 0.515. The van der Waals surface area contributed by atoms with Gasteiger partial charge in [-0.15, -0.1) is 35.5 Å². The number of hydrogen-bond donors (Lipinski definition) is 2. The van der Waals surface area contributed by atoms with Crippen LogP contribution >= 0.6 is 35.5 Å². The highest BCUT2D eigenvalue weighted by molar-refractivity contribution is 7.99. The number of nitrogens with two attached hydrogens (primary N) is 1. The first-order valence-electron chi connectivity index (χ1n) is 6.64. The van der Waals surface area contributed by atoms with Crippen molar-refractivity contribution in [3.63, 3.8) is 0 Å². The molecule has 24 heavy (non-hydrogen) atoms. The maximum Gasteiger partial charge on any atom is 0.341 e. The number of nitrogens with zero attached hydrogens (tertiary/aromatic N) is 3. The molecule has 0 bridgehead atoms. The van der Waals surface area contributed by atoms with Crippen molar-refractivity contribution >= 4 is 52.5 Å². The number of carbonyl (C=O) groups is 1. The first-order chi connectivity index (χ1) is 11.1. The monoisotopic (exact) mass is 384 g/mol. The van der Waals surface area contributed by atoms with E-state index in [4.69, 9.17) is 5.73 Å². The summed E-state index contributed by atoms with van der Waals surface area (Å²) in [6.07, 6.45) is 2.88. The second-order valence-electron chi connectivity index (χ2n) is 4.52. The minimum atomic E-state index is -1.27. The third kappa shape index (κ3) is 3.44. The van der Waals surface area contributed by atoms with Crippen LogP contribution in [0, 0.1) is 0 Å². The van der Waals surface area contributed by atoms with Crippen molar-refractivity contribution in [1.29, 1.82) is 0 Å². The van der Waals surface area contributed by atoms with Crippen molar-refractivity contribution in [2.45, 2.75) is 5.03 Å². The van der Waals surface area contributed by atoms with Gasteiger partial charge in [0, 0.05) is 30.1 Å². The highest BCUT2D eigenvalue weighted by Gasteiger charge is 2.17. The normalized spacial score (nSPS) is 10.5. The maximum atomic E-state index is 12.3. The minimum Gasteiger partial charge on any atom is -0.477 e. The molecule has 0 saturated heterocycles. The van der Waals surface area contributed by atoms with Gasteiger partial charge in [0.15, 0.2) is 10.8 Å². The summed E-state index contributed by atoms with van der Waals surface area (Å²) in [6, 6.07) is 3.29. The third-order valence-electron chi connectivity index (χ3n) is 3.05. The van der Waals surface area contributed by atoms with Gasteiger partial charge in [-0.25, -0.2) is 14.8 Å². The summed E-state index contributed by atoms with van der Waals surface area (Å²) in [5.41, 5.74) is 5.02. The second-order valence-corrected chi connectivity index (χ2v) is 6.51. The van der Waals surface area contributed by atoms with E-state index < -0.39 is 11.4 Å². The zero-order valence-electron chi connectivity index (χ0n) is 12.2. The van der Waals surface area contributed by atoms with E-state index in [1.54, 1.807) is 23.7 Å². The quantitative estimate of drug-likeness (QED) is 0.647. The number of aromatic nitrogens is 3. The smallest absolute Gasteiger partial charge is 0.341 e. The second kappa shape index (κ2) is 7.75. The Labute approximate surface area is 151 Å². The fourth-order valence-electron chi connectivity index (χ4n) is 2.06. The van der Waals surface area contributed by atoms with Gasteiger partial charge in [-0.3, -0.25) is 9.36 Å². The van der Waals surface area contributed by atoms with E-state index in [1.807, 2.05) is 0 Å². The Morgan fingerprint density at radius 1 is 1.42 bits per heavy atom. The standard InChI is InChI=1S/C14H12N4O3S2.ClH/c15-3-5-22-10-2-1-8-11(19)9(13(20)21)7-18(12(8)17-10)14-16-4-6-23-14;/h1-2,4,6-7H,3,5,15H2,(H,20,21);1H. The highest BCUT2D eigenvalue weighted by Crippen LogP contribution is 2.22. The first kappa shape index (κ1) is 18.4. The molecule has 3 aromatic rings. The largest absolute Gasteiger partial charge is 0.477 e. The molecule has 0 spiro atoms. The molecule has 0 amide bonds. The summed E-state index contributed by atoms with van der Waals surface area (Å²) in [5.74, 6) is -0.573. The van der Waals surface area contributed by atoms with Gasteiger partial charge in [-0.1, -0.05) is 0 Å². The van der Waals surface area contributed by atoms with Crippen molar-refractivity contribution in [2.24, 2.45) is 5.73 Å². The molecule has 0 atom stereocenters. The molecule has 3 heterocycles. The van der Waals surface area contributed by atoms with Crippen LogP contribution in [0.2, 0.25) is 0 Å². The number of fused-ring (bicyclic) bond motifs is 1. The van der Waals surface area contributed by atoms with E-state index in [0.717, 1.165) is 5.03 Å². The Morgan fingerprint density at radius 3 is 2.83 bits per heavy atom. The molecular formula is C14H13ClN4O3S2. The van der Waals surface area contributed by atoms with Crippen molar-refractivity contribution in [2.75, 3.05) is 12.3 Å². The molecule has 126 valence electrons. The lowest BCUT2D eigenvalue weighted by Crippen LogP contribution is -2.19. The Bertz CT molecular complexity index is 928. The van der Waals surface area contributed by atoms with Crippen molar-refractivity contribution in [3.8, 4) is 5.13 Å². The lowest BCUT2D eigenvalue weighted by Gasteiger charge is -2.10. The molecular weight excluding hydrogens is 372 g/mol. The van der Waals surface area contributed by atoms with Crippen LogP contribution in [0.15, 0.2) is 39.7 Å². The SMILES string of the molecule is Cl.NCCSc1ccc2c(=O)c(C(=O)O)cn(-c3nccs3)c2n1. The molecule has 10 heteroatoms. The van der Waals surface area contributed by atoms with Gasteiger partial charge in [0.2, 0.25) is 5.43 Å². The lowest BCUT2D eigenvalue weighted by atomic mass is 10.2. The molecule has 0 aliphatic rings. The molecule has 3 aromatic heterocycles. The number of thiazole rings is 1. The predicted octanol–water partition coefficient (Wildman–Crippen LogP) is 2.01. The van der Waals surface area contributed by atoms with Crippen LogP contribution in [0.4, 0.5) is 0 Å². The minimum absolute atomic E-state index is 0. The highest BCUT2D eigenvalue weighted by atomic mass is 35.5. The van der Waals surface area contributed by atoms with Gasteiger partial charge < -0.3 is 10.8 Å². The predicted molar refractivity (Wildman–Crippen MR) is 97.0 cm³/mol. The topological polar surface area (TPSA) is 111 Å². The number of halogens is 1. The average Bonchev–Trinajstić information content (AvgIpc) is 3.07. The number of carboxylic acid groups (broad SMARTS) is 1. The zero-order valence-corrected chi connectivity index (χ0v) is 14.7. The van der Waals surface area contributed by atoms with Gasteiger partial charge >= 0.3 is 5.97 Å². The van der Waals surface area contributed by atoms with Gasteiger partial charge in [0.1, 0.15) is 5.56 Å². The maximum absolute atomic E-state index is 12.3. The number of pyridine rings is 2. The molecule has 0 saturated carbocycles. The number of hydrogen-bond acceptors (Lipinski definition) is 7. The Hall–Kier alpha value is -1.94. The molecule has 0 aliphatic carbocycles. The summed E-state index contributed by atoms with van der Waals surface area (Å²) < 4.78 is 1.54. The Morgan fingerprint density at radius 2 is 2.21 bits per heavy atom. The number of carboxylic acids is 1. The molecule has 0 aromatic carbocycles. The van der Waals surface area contributed by atoms with E-state index in [9.17, 15) is 14.7 Å². The van der Waals surface area contributed by atoms with Crippen LogP contribution < -0.4 is 11.2 Å². The third-order valence-corrected chi connectivity index (χ3v) is 4.78. The van der Waals surface area contributed by atoms with E-state index in [0.29, 0.717) is 23.1 Å². The average molecular weight is 385 g/mol. The van der Waals surface area contributed by atoms with E-state index in [1.165, 1.54) is 33.9 Å². The van der Waals surface area contributed by atoms with Gasteiger partial charge in [-0.2, -0.15) is 0 Å². The van der Waals surface area contributed by atoms with Crippen LogP contribution in [-0.4, -0.2) is 37.9 Å². The van der Waals surface area contributed by atoms with Crippen LogP contribution in [-0.2, 0) is 0 Å². The summed E-state index contributed by atoms with van der Waals surface area (Å²) in [5, 5.41) is 12.5. The fraction of sp³-hybridized carbons (Fsp3) is 0.143. The molecule has 3 rings (SSSR count). The number of rotatable bonds is 5. The number of thioether (sulfide) groups is 1. The van der Waals surface area contributed by atoms with Crippen molar-refractivity contribution in [1.82, 2.24) is 14.5 Å². The van der Waals surface area contributed by atoms with Crippen molar-refractivity contribution < 1.29 is 9.90 Å². The summed E-state index contributed by atoms with van der Waals surface area (Å²) in [4.78, 5) is 32.3. The molecule has 3 N–H and O–H groups in total. The molecule has 0 fully saturated rings. The van der Waals surface area contributed by atoms with E-state index in [-0.39, 0.29) is 23.4 Å². The Kier molecular flexibility index (Phi) is 5.94. The fourth-order valence-corrected chi connectivity index (χ4v) is 3.32. The van der Waals surface area contributed by atoms with Crippen molar-refractivity contribution in [3.05, 3.63) is 45.7 Å².